The number of nitro groups is 1. The second kappa shape index (κ2) is 9.08. The van der Waals surface area contributed by atoms with E-state index in [0.29, 0.717) is 0 Å². The first-order valence-electron chi connectivity index (χ1n) is 6.48. The zero-order chi connectivity index (χ0) is 13.2. The van der Waals surface area contributed by atoms with Crippen LogP contribution in [0, 0.1) is 10.1 Å². The first-order valence-corrected chi connectivity index (χ1v) is 7.60. The van der Waals surface area contributed by atoms with Gasteiger partial charge in [0, 0.05) is 5.33 Å². The van der Waals surface area contributed by atoms with Gasteiger partial charge < -0.3 is 10.1 Å². The highest BCUT2D eigenvalue weighted by atomic mass is 79.9. The molecule has 0 aliphatic carbocycles. The highest BCUT2D eigenvalue weighted by Gasteiger charge is 2.09. The Morgan fingerprint density at radius 2 is 1.78 bits per heavy atom. The van der Waals surface area contributed by atoms with Gasteiger partial charge in [-0.05, 0) is 17.8 Å². The Morgan fingerprint density at radius 1 is 1.17 bits per heavy atom. The van der Waals surface area contributed by atoms with Crippen LogP contribution in [-0.2, 0) is 6.54 Å². The Morgan fingerprint density at radius 3 is 2.33 bits per heavy atom. The van der Waals surface area contributed by atoms with Gasteiger partial charge in [0.05, 0.1) is 23.9 Å². The lowest BCUT2D eigenvalue weighted by Crippen LogP contribution is -1.99. The number of nitrogens with zero attached hydrogens (tertiary/aromatic N) is 3. The standard InChI is InChI=1S/C12H20BrN3O2/c13-9-6-4-2-1-3-5-7-10-15-11-8-12(14-15)16(17)18/h8,11H,1-7,9-10H2. The van der Waals surface area contributed by atoms with Crippen LogP contribution in [0.4, 0.5) is 5.82 Å². The molecule has 0 bridgehead atoms. The summed E-state index contributed by atoms with van der Waals surface area (Å²) in [4.78, 5) is 9.98. The maximum Gasteiger partial charge on any atom is 0.389 e. The summed E-state index contributed by atoms with van der Waals surface area (Å²) in [6.07, 6.45) is 10.3. The predicted octanol–water partition coefficient (Wildman–Crippen LogP) is 3.92. The van der Waals surface area contributed by atoms with Crippen molar-refractivity contribution < 1.29 is 4.92 Å². The van der Waals surface area contributed by atoms with E-state index >= 15 is 0 Å². The van der Waals surface area contributed by atoms with Gasteiger partial charge in [-0.3, -0.25) is 0 Å². The minimum atomic E-state index is -0.458. The van der Waals surface area contributed by atoms with Crippen molar-refractivity contribution in [2.75, 3.05) is 5.33 Å². The summed E-state index contributed by atoms with van der Waals surface area (Å²) in [5.74, 6) is -0.0650. The van der Waals surface area contributed by atoms with Crippen LogP contribution < -0.4 is 0 Å². The summed E-state index contributed by atoms with van der Waals surface area (Å²) in [5.41, 5.74) is 0. The quantitative estimate of drug-likeness (QED) is 0.284. The smallest absolute Gasteiger partial charge is 0.358 e. The van der Waals surface area contributed by atoms with E-state index in [1.165, 1.54) is 44.6 Å². The molecule has 0 saturated heterocycles. The topological polar surface area (TPSA) is 61.0 Å². The van der Waals surface area contributed by atoms with Crippen LogP contribution in [0.1, 0.15) is 44.9 Å². The number of aromatic nitrogens is 2. The molecule has 1 rings (SSSR count). The van der Waals surface area contributed by atoms with Gasteiger partial charge in [-0.1, -0.05) is 48.0 Å². The lowest BCUT2D eigenvalue weighted by molar-refractivity contribution is -0.389. The Bertz CT molecular complexity index is 355. The summed E-state index contributed by atoms with van der Waals surface area (Å²) in [6.45, 7) is 0.773. The van der Waals surface area contributed by atoms with Crippen molar-refractivity contribution in [3.05, 3.63) is 22.4 Å². The lowest BCUT2D eigenvalue weighted by atomic mass is 10.1. The van der Waals surface area contributed by atoms with E-state index in [0.717, 1.165) is 18.3 Å². The summed E-state index contributed by atoms with van der Waals surface area (Å²) < 4.78 is 1.66. The molecule has 18 heavy (non-hydrogen) atoms. The third kappa shape index (κ3) is 6.14. The predicted molar refractivity (Wildman–Crippen MR) is 75.0 cm³/mol. The molecule has 102 valence electrons. The van der Waals surface area contributed by atoms with E-state index in [4.69, 9.17) is 0 Å². The third-order valence-electron chi connectivity index (χ3n) is 2.83. The molecule has 1 aromatic rings. The summed E-state index contributed by atoms with van der Waals surface area (Å²) >= 11 is 3.42. The van der Waals surface area contributed by atoms with Crippen molar-refractivity contribution in [1.29, 1.82) is 0 Å². The van der Waals surface area contributed by atoms with Crippen LogP contribution in [0.2, 0.25) is 0 Å². The first-order chi connectivity index (χ1) is 8.74. The Balaban J connectivity index is 2.02. The molecule has 0 atom stereocenters. The van der Waals surface area contributed by atoms with E-state index in [-0.39, 0.29) is 5.82 Å². The van der Waals surface area contributed by atoms with Crippen molar-refractivity contribution in [2.45, 2.75) is 51.5 Å². The minimum Gasteiger partial charge on any atom is -0.358 e. The zero-order valence-electron chi connectivity index (χ0n) is 10.6. The molecule has 6 heteroatoms. The van der Waals surface area contributed by atoms with Gasteiger partial charge in [0.15, 0.2) is 0 Å². The molecule has 0 amide bonds. The molecule has 0 unspecified atom stereocenters. The van der Waals surface area contributed by atoms with Gasteiger partial charge in [-0.2, -0.15) is 4.68 Å². The first kappa shape index (κ1) is 15.1. The summed E-state index contributed by atoms with van der Waals surface area (Å²) in [6, 6.07) is 1.44. The van der Waals surface area contributed by atoms with E-state index in [9.17, 15) is 10.1 Å². The van der Waals surface area contributed by atoms with E-state index in [1.54, 1.807) is 10.9 Å². The second-order valence-electron chi connectivity index (χ2n) is 4.36. The Labute approximate surface area is 116 Å². The molecular formula is C12H20BrN3O2. The lowest BCUT2D eigenvalue weighted by Gasteiger charge is -2.00. The number of halogens is 1. The average molecular weight is 318 g/mol. The number of unbranched alkanes of at least 4 members (excludes halogenated alkanes) is 6. The molecule has 1 aromatic heterocycles. The molecular weight excluding hydrogens is 298 g/mol. The van der Waals surface area contributed by atoms with Crippen molar-refractivity contribution in [1.82, 2.24) is 9.78 Å². The Kier molecular flexibility index (Phi) is 7.64. The van der Waals surface area contributed by atoms with Crippen LogP contribution in [0.15, 0.2) is 12.3 Å². The van der Waals surface area contributed by atoms with Gasteiger partial charge in [0.25, 0.3) is 0 Å². The van der Waals surface area contributed by atoms with Gasteiger partial charge in [-0.15, -0.1) is 0 Å². The third-order valence-corrected chi connectivity index (χ3v) is 3.40. The van der Waals surface area contributed by atoms with Crippen LogP contribution >= 0.6 is 15.9 Å². The number of aryl methyl sites for hydroxylation is 1. The maximum atomic E-state index is 10.4. The molecule has 0 saturated carbocycles. The molecule has 5 nitrogen and oxygen atoms in total. The average Bonchev–Trinajstić information content (AvgIpc) is 2.81. The van der Waals surface area contributed by atoms with Crippen molar-refractivity contribution in [3.8, 4) is 0 Å². The molecule has 0 aromatic carbocycles. The van der Waals surface area contributed by atoms with E-state index < -0.39 is 4.92 Å². The van der Waals surface area contributed by atoms with Crippen molar-refractivity contribution >= 4 is 21.7 Å². The van der Waals surface area contributed by atoms with Crippen LogP contribution in [0.3, 0.4) is 0 Å². The molecule has 0 radical (unpaired) electrons. The second-order valence-corrected chi connectivity index (χ2v) is 5.15. The fourth-order valence-electron chi connectivity index (χ4n) is 1.83. The molecule has 0 fully saturated rings. The maximum absolute atomic E-state index is 10.4. The minimum absolute atomic E-state index is 0.0650. The van der Waals surface area contributed by atoms with Crippen molar-refractivity contribution in [2.24, 2.45) is 0 Å². The van der Waals surface area contributed by atoms with Gasteiger partial charge >= 0.3 is 5.82 Å². The van der Waals surface area contributed by atoms with Crippen LogP contribution in [0.5, 0.6) is 0 Å². The number of alkyl halides is 1. The van der Waals surface area contributed by atoms with Crippen molar-refractivity contribution in [3.63, 3.8) is 0 Å². The monoisotopic (exact) mass is 317 g/mol. The van der Waals surface area contributed by atoms with E-state index in [1.807, 2.05) is 0 Å². The SMILES string of the molecule is O=[N+]([O-])c1ccn(CCCCCCCCCBr)n1. The zero-order valence-corrected chi connectivity index (χ0v) is 12.1. The highest BCUT2D eigenvalue weighted by molar-refractivity contribution is 9.09. The Hall–Kier alpha value is -0.910. The molecule has 0 spiro atoms. The number of rotatable bonds is 10. The molecule has 1 heterocycles. The van der Waals surface area contributed by atoms with E-state index in [2.05, 4.69) is 21.0 Å². The fourth-order valence-corrected chi connectivity index (χ4v) is 2.22. The van der Waals surface area contributed by atoms with Gasteiger partial charge in [0.2, 0.25) is 0 Å². The molecule has 0 N–H and O–H groups in total. The molecule has 0 aliphatic heterocycles. The number of hydrogen-bond acceptors (Lipinski definition) is 3. The molecule has 0 aliphatic rings. The van der Waals surface area contributed by atoms with Crippen LogP contribution in [-0.4, -0.2) is 20.0 Å². The number of hydrogen-bond donors (Lipinski definition) is 0. The normalized spacial score (nSPS) is 10.7. The van der Waals surface area contributed by atoms with Gasteiger partial charge in [0.1, 0.15) is 0 Å². The fraction of sp³-hybridized carbons (Fsp3) is 0.750. The van der Waals surface area contributed by atoms with Crippen LogP contribution in [0.25, 0.3) is 0 Å². The largest absolute Gasteiger partial charge is 0.389 e. The van der Waals surface area contributed by atoms with Gasteiger partial charge in [-0.25, -0.2) is 0 Å². The summed E-state index contributed by atoms with van der Waals surface area (Å²) in [5, 5.41) is 15.4. The summed E-state index contributed by atoms with van der Waals surface area (Å²) in [7, 11) is 0. The highest BCUT2D eigenvalue weighted by Crippen LogP contribution is 2.10.